The smallest absolute Gasteiger partial charge is 0.0947 e. The number of aliphatic hydroxyl groups is 1. The second-order valence-electron chi connectivity index (χ2n) is 4.91. The Morgan fingerprint density at radius 1 is 1.45 bits per heavy atom. The summed E-state index contributed by atoms with van der Waals surface area (Å²) in [5.74, 6) is 0. The van der Waals surface area contributed by atoms with E-state index in [1.807, 2.05) is 24.1 Å². The van der Waals surface area contributed by atoms with E-state index in [-0.39, 0.29) is 0 Å². The minimum Gasteiger partial charge on any atom is -0.389 e. The quantitative estimate of drug-likeness (QED) is 0.687. The van der Waals surface area contributed by atoms with Gasteiger partial charge >= 0.3 is 0 Å². The third-order valence-electron chi connectivity index (χ3n) is 3.04. The fourth-order valence-electron chi connectivity index (χ4n) is 2.18. The van der Waals surface area contributed by atoms with Crippen LogP contribution < -0.4 is 10.2 Å². The fraction of sp³-hybridized carbons (Fsp3) is 0.600. The van der Waals surface area contributed by atoms with E-state index in [0.717, 1.165) is 30.8 Å². The van der Waals surface area contributed by atoms with Crippen LogP contribution in [0.1, 0.15) is 18.9 Å². The molecular formula is C15H25ClN2O2. The predicted octanol–water partition coefficient (Wildman–Crippen LogP) is 2.28. The predicted molar refractivity (Wildman–Crippen MR) is 84.6 cm³/mol. The molecular weight excluding hydrogens is 276 g/mol. The Kier molecular flexibility index (Phi) is 7.92. The summed E-state index contributed by atoms with van der Waals surface area (Å²) >= 11 is 6.32. The molecule has 114 valence electrons. The Morgan fingerprint density at radius 3 is 2.85 bits per heavy atom. The maximum absolute atomic E-state index is 9.85. The van der Waals surface area contributed by atoms with Crippen LogP contribution in [-0.2, 0) is 11.3 Å². The molecule has 0 heterocycles. The van der Waals surface area contributed by atoms with Crippen molar-refractivity contribution in [2.75, 3.05) is 38.8 Å². The van der Waals surface area contributed by atoms with Gasteiger partial charge in [0.1, 0.15) is 0 Å². The Balaban J connectivity index is 2.79. The number of halogens is 1. The summed E-state index contributed by atoms with van der Waals surface area (Å²) in [5.41, 5.74) is 2.10. The van der Waals surface area contributed by atoms with Gasteiger partial charge in [0.2, 0.25) is 0 Å². The van der Waals surface area contributed by atoms with Crippen LogP contribution in [0.4, 0.5) is 5.69 Å². The molecule has 0 saturated heterocycles. The number of likely N-dealkylation sites (N-methyl/N-ethyl adjacent to an activating group) is 1. The molecule has 1 atom stereocenters. The van der Waals surface area contributed by atoms with Crippen molar-refractivity contribution >= 4 is 17.3 Å². The summed E-state index contributed by atoms with van der Waals surface area (Å²) < 4.78 is 4.96. The van der Waals surface area contributed by atoms with Gasteiger partial charge in [0.05, 0.1) is 23.4 Å². The highest BCUT2D eigenvalue weighted by atomic mass is 35.5. The van der Waals surface area contributed by atoms with Crippen LogP contribution in [0.15, 0.2) is 18.2 Å². The second kappa shape index (κ2) is 9.19. The monoisotopic (exact) mass is 300 g/mol. The summed E-state index contributed by atoms with van der Waals surface area (Å²) in [6.45, 7) is 4.69. The number of aliphatic hydroxyl groups excluding tert-OH is 1. The van der Waals surface area contributed by atoms with Gasteiger partial charge in [-0.15, -0.1) is 0 Å². The number of methoxy groups -OCH3 is 1. The van der Waals surface area contributed by atoms with E-state index >= 15 is 0 Å². The van der Waals surface area contributed by atoms with Crippen molar-refractivity contribution in [1.82, 2.24) is 5.32 Å². The number of ether oxygens (including phenoxy) is 1. The largest absolute Gasteiger partial charge is 0.389 e. The maximum Gasteiger partial charge on any atom is 0.0947 e. The third-order valence-corrected chi connectivity index (χ3v) is 3.34. The number of benzene rings is 1. The number of para-hydroxylation sites is 1. The average molecular weight is 301 g/mol. The molecule has 0 spiro atoms. The molecule has 0 bridgehead atoms. The summed E-state index contributed by atoms with van der Waals surface area (Å²) in [6, 6.07) is 5.89. The van der Waals surface area contributed by atoms with Crippen molar-refractivity contribution in [3.05, 3.63) is 28.8 Å². The molecule has 0 aliphatic rings. The lowest BCUT2D eigenvalue weighted by atomic mass is 10.1. The number of nitrogens with zero attached hydrogens (tertiary/aromatic N) is 1. The maximum atomic E-state index is 9.85. The van der Waals surface area contributed by atoms with Gasteiger partial charge in [0, 0.05) is 27.2 Å². The molecule has 1 aromatic rings. The molecule has 0 aliphatic carbocycles. The Morgan fingerprint density at radius 2 is 2.20 bits per heavy atom. The molecule has 5 heteroatoms. The van der Waals surface area contributed by atoms with Crippen molar-refractivity contribution in [2.45, 2.75) is 26.0 Å². The highest BCUT2D eigenvalue weighted by molar-refractivity contribution is 6.33. The summed E-state index contributed by atoms with van der Waals surface area (Å²) in [7, 11) is 3.52. The van der Waals surface area contributed by atoms with Crippen LogP contribution in [0.5, 0.6) is 0 Å². The van der Waals surface area contributed by atoms with Gasteiger partial charge in [-0.25, -0.2) is 0 Å². The van der Waals surface area contributed by atoms with Gasteiger partial charge in [0.15, 0.2) is 0 Å². The minimum atomic E-state index is -0.530. The van der Waals surface area contributed by atoms with Crippen molar-refractivity contribution in [3.8, 4) is 0 Å². The number of hydrogen-bond donors (Lipinski definition) is 2. The minimum absolute atomic E-state index is 0.318. The number of hydrogen-bond acceptors (Lipinski definition) is 4. The average Bonchev–Trinajstić information content (AvgIpc) is 2.39. The zero-order chi connectivity index (χ0) is 15.0. The standard InChI is InChI=1S/C15H25ClN2O2/c1-4-8-17-9-12-6-5-7-14(16)15(12)18(2)10-13(19)11-20-3/h5-7,13,17,19H,4,8-11H2,1-3H3. The van der Waals surface area contributed by atoms with Crippen LogP contribution in [0.3, 0.4) is 0 Å². The van der Waals surface area contributed by atoms with E-state index in [2.05, 4.69) is 18.3 Å². The number of nitrogens with one attached hydrogen (secondary N) is 1. The Hall–Kier alpha value is -0.810. The highest BCUT2D eigenvalue weighted by Crippen LogP contribution is 2.29. The van der Waals surface area contributed by atoms with Crippen LogP contribution in [-0.4, -0.2) is 45.1 Å². The molecule has 1 unspecified atom stereocenters. The van der Waals surface area contributed by atoms with Crippen molar-refractivity contribution in [2.24, 2.45) is 0 Å². The molecule has 4 nitrogen and oxygen atoms in total. The summed E-state index contributed by atoms with van der Waals surface area (Å²) in [6.07, 6.45) is 0.566. The molecule has 1 rings (SSSR count). The van der Waals surface area contributed by atoms with Gasteiger partial charge in [-0.05, 0) is 24.6 Å². The van der Waals surface area contributed by atoms with Gasteiger partial charge in [-0.1, -0.05) is 30.7 Å². The van der Waals surface area contributed by atoms with Gasteiger partial charge in [-0.3, -0.25) is 0 Å². The van der Waals surface area contributed by atoms with E-state index in [9.17, 15) is 5.11 Å². The molecule has 0 radical (unpaired) electrons. The van der Waals surface area contributed by atoms with E-state index in [4.69, 9.17) is 16.3 Å². The zero-order valence-corrected chi connectivity index (χ0v) is 13.3. The third kappa shape index (κ3) is 5.29. The first kappa shape index (κ1) is 17.2. The summed E-state index contributed by atoms with van der Waals surface area (Å²) in [4.78, 5) is 1.98. The van der Waals surface area contributed by atoms with E-state index in [1.54, 1.807) is 7.11 Å². The molecule has 0 saturated carbocycles. The molecule has 20 heavy (non-hydrogen) atoms. The van der Waals surface area contributed by atoms with Gasteiger partial charge < -0.3 is 20.1 Å². The molecule has 0 aliphatic heterocycles. The molecule has 0 fully saturated rings. The lowest BCUT2D eigenvalue weighted by Crippen LogP contribution is -2.33. The lowest BCUT2D eigenvalue weighted by molar-refractivity contribution is 0.0695. The number of rotatable bonds is 9. The first-order valence-electron chi connectivity index (χ1n) is 6.96. The van der Waals surface area contributed by atoms with Crippen LogP contribution in [0.25, 0.3) is 0 Å². The first-order chi connectivity index (χ1) is 9.60. The van der Waals surface area contributed by atoms with E-state index in [1.165, 1.54) is 0 Å². The fourth-order valence-corrected chi connectivity index (χ4v) is 2.52. The molecule has 0 aromatic heterocycles. The highest BCUT2D eigenvalue weighted by Gasteiger charge is 2.14. The van der Waals surface area contributed by atoms with Crippen molar-refractivity contribution in [1.29, 1.82) is 0 Å². The van der Waals surface area contributed by atoms with E-state index in [0.29, 0.717) is 18.2 Å². The normalized spacial score (nSPS) is 12.4. The Labute approximate surface area is 126 Å². The van der Waals surface area contributed by atoms with Crippen LogP contribution >= 0.6 is 11.6 Å². The second-order valence-corrected chi connectivity index (χ2v) is 5.32. The van der Waals surface area contributed by atoms with Crippen LogP contribution in [0.2, 0.25) is 5.02 Å². The van der Waals surface area contributed by atoms with Crippen LogP contribution in [0, 0.1) is 0 Å². The molecule has 1 aromatic carbocycles. The van der Waals surface area contributed by atoms with Crippen molar-refractivity contribution < 1.29 is 9.84 Å². The van der Waals surface area contributed by atoms with Crippen molar-refractivity contribution in [3.63, 3.8) is 0 Å². The topological polar surface area (TPSA) is 44.7 Å². The number of anilines is 1. The Bertz CT molecular complexity index is 401. The van der Waals surface area contributed by atoms with Gasteiger partial charge in [-0.2, -0.15) is 0 Å². The SMILES string of the molecule is CCCNCc1cccc(Cl)c1N(C)CC(O)COC. The molecule has 2 N–H and O–H groups in total. The lowest BCUT2D eigenvalue weighted by Gasteiger charge is -2.26. The molecule has 0 amide bonds. The first-order valence-corrected chi connectivity index (χ1v) is 7.34. The van der Waals surface area contributed by atoms with E-state index < -0.39 is 6.10 Å². The van der Waals surface area contributed by atoms with Gasteiger partial charge in [0.25, 0.3) is 0 Å². The summed E-state index contributed by atoms with van der Waals surface area (Å²) in [5, 5.41) is 13.9. The zero-order valence-electron chi connectivity index (χ0n) is 12.5.